The molecular formula is C46H58O10. The first-order valence-corrected chi connectivity index (χ1v) is 19.6. The molecule has 2 aromatic carbocycles. The van der Waals surface area contributed by atoms with Crippen molar-refractivity contribution in [2.75, 3.05) is 0 Å². The molecule has 6 rings (SSSR count). The van der Waals surface area contributed by atoms with Gasteiger partial charge in [0.2, 0.25) is 0 Å². The van der Waals surface area contributed by atoms with E-state index in [9.17, 15) is 19.5 Å². The van der Waals surface area contributed by atoms with E-state index in [0.29, 0.717) is 36.8 Å². The average Bonchev–Trinajstić information content (AvgIpc) is 3.56. The summed E-state index contributed by atoms with van der Waals surface area (Å²) in [5.41, 5.74) is 6.74. The summed E-state index contributed by atoms with van der Waals surface area (Å²) in [6.45, 7) is 18.8. The number of aryl methyl sites for hydroxylation is 4. The van der Waals surface area contributed by atoms with Crippen LogP contribution in [0.3, 0.4) is 0 Å². The molecule has 0 saturated carbocycles. The van der Waals surface area contributed by atoms with E-state index < -0.39 is 29.9 Å². The summed E-state index contributed by atoms with van der Waals surface area (Å²) in [4.78, 5) is 38.1. The van der Waals surface area contributed by atoms with Gasteiger partial charge >= 0.3 is 11.9 Å². The lowest BCUT2D eigenvalue weighted by Crippen LogP contribution is -2.34. The molecular weight excluding hydrogens is 712 g/mol. The molecule has 7 atom stereocenters. The van der Waals surface area contributed by atoms with E-state index in [0.717, 1.165) is 33.4 Å². The van der Waals surface area contributed by atoms with Crippen LogP contribution in [-0.4, -0.2) is 77.1 Å². The largest absolute Gasteiger partial charge is 0.459 e. The van der Waals surface area contributed by atoms with E-state index in [-0.39, 0.29) is 42.1 Å². The topological polar surface area (TPSA) is 127 Å². The van der Waals surface area contributed by atoms with Gasteiger partial charge in [-0.1, -0.05) is 77.9 Å². The van der Waals surface area contributed by atoms with Crippen LogP contribution < -0.4 is 0 Å². The Morgan fingerprint density at radius 1 is 0.589 bits per heavy atom. The first-order valence-electron chi connectivity index (χ1n) is 19.6. The van der Waals surface area contributed by atoms with Gasteiger partial charge in [0.25, 0.3) is 0 Å². The van der Waals surface area contributed by atoms with Crippen molar-refractivity contribution in [3.63, 3.8) is 0 Å². The lowest BCUT2D eigenvalue weighted by Gasteiger charge is -2.20. The van der Waals surface area contributed by atoms with Gasteiger partial charge in [0, 0.05) is 12.8 Å². The number of ketones is 1. The molecule has 4 aliphatic heterocycles. The molecule has 2 fully saturated rings. The smallest absolute Gasteiger partial charge is 0.339 e. The molecule has 0 aliphatic carbocycles. The number of fused-ring (bicyclic) bond motifs is 4. The van der Waals surface area contributed by atoms with Gasteiger partial charge in [-0.25, -0.2) is 9.59 Å². The van der Waals surface area contributed by atoms with Crippen LogP contribution in [0.15, 0.2) is 60.7 Å². The molecule has 0 bridgehead atoms. The number of aliphatic hydroxyl groups is 1. The molecule has 2 aromatic rings. The summed E-state index contributed by atoms with van der Waals surface area (Å²) in [7, 11) is 0. The third-order valence-corrected chi connectivity index (χ3v) is 9.95. The van der Waals surface area contributed by atoms with Crippen molar-refractivity contribution in [1.82, 2.24) is 0 Å². The first kappa shape index (κ1) is 42.9. The summed E-state index contributed by atoms with van der Waals surface area (Å²) < 4.78 is 35.0. The Morgan fingerprint density at radius 3 is 1.61 bits per heavy atom. The molecule has 0 amide bonds. The molecule has 4 heterocycles. The van der Waals surface area contributed by atoms with Gasteiger partial charge in [-0.15, -0.1) is 0 Å². The van der Waals surface area contributed by atoms with Gasteiger partial charge in [-0.05, 0) is 110 Å². The van der Waals surface area contributed by atoms with Crippen LogP contribution in [0, 0.1) is 27.7 Å². The van der Waals surface area contributed by atoms with Crippen molar-refractivity contribution in [2.45, 2.75) is 149 Å². The number of ether oxygens (including phenoxy) is 6. The summed E-state index contributed by atoms with van der Waals surface area (Å²) in [5, 5.41) is 10.6. The number of rotatable bonds is 0. The second kappa shape index (κ2) is 17.9. The third-order valence-electron chi connectivity index (χ3n) is 9.95. The molecule has 302 valence electrons. The average molecular weight is 771 g/mol. The van der Waals surface area contributed by atoms with Crippen LogP contribution in [0.5, 0.6) is 0 Å². The van der Waals surface area contributed by atoms with Crippen LogP contribution in [0.4, 0.5) is 0 Å². The Hall–Kier alpha value is -4.19. The molecule has 10 nitrogen and oxygen atoms in total. The van der Waals surface area contributed by atoms with E-state index in [1.807, 2.05) is 124 Å². The maximum Gasteiger partial charge on any atom is 0.339 e. The number of hydrogen-bond acceptors (Lipinski definition) is 10. The first-order chi connectivity index (χ1) is 26.3. The number of carbonyl (C=O) groups excluding carboxylic acids is 3. The van der Waals surface area contributed by atoms with Crippen molar-refractivity contribution < 1.29 is 47.9 Å². The van der Waals surface area contributed by atoms with Gasteiger partial charge in [0.1, 0.15) is 30.5 Å². The van der Waals surface area contributed by atoms with Crippen molar-refractivity contribution in [3.8, 4) is 0 Å². The van der Waals surface area contributed by atoms with E-state index in [4.69, 9.17) is 28.4 Å². The highest BCUT2D eigenvalue weighted by molar-refractivity contribution is 5.96. The molecule has 4 aliphatic rings. The standard InChI is InChI=1S/C23H30O5.C23H28O5/c2*1-14-12-15(2)20-17(13-14)9-7-11-19-21(28-23(4,5)27-19)18(24)10-6-8-16(3)26-22(20)25/h6-7,9-10,12-13,16,18-19,21,24H,8,11H2,1-5H3;6-7,9-10,12-13,16,19,21H,8,11H2,1-5H3/b2*9-7+,10-6-/t16-,18?,19-,21?;16-,19-,21?/m00/s1. The zero-order chi connectivity index (χ0) is 40.9. The molecule has 3 unspecified atom stereocenters. The highest BCUT2D eigenvalue weighted by atomic mass is 16.8. The quantitative estimate of drug-likeness (QED) is 0.206. The van der Waals surface area contributed by atoms with E-state index in [1.165, 1.54) is 6.08 Å². The minimum Gasteiger partial charge on any atom is -0.459 e. The van der Waals surface area contributed by atoms with Crippen molar-refractivity contribution in [3.05, 3.63) is 105 Å². The highest BCUT2D eigenvalue weighted by Crippen LogP contribution is 2.34. The Labute approximate surface area is 331 Å². The second-order valence-electron chi connectivity index (χ2n) is 16.2. The highest BCUT2D eigenvalue weighted by Gasteiger charge is 2.44. The van der Waals surface area contributed by atoms with Crippen molar-refractivity contribution in [1.29, 1.82) is 0 Å². The van der Waals surface area contributed by atoms with Gasteiger partial charge in [-0.2, -0.15) is 0 Å². The number of carbonyl (C=O) groups is 3. The lowest BCUT2D eigenvalue weighted by molar-refractivity contribution is -0.152. The fourth-order valence-electron chi connectivity index (χ4n) is 7.63. The monoisotopic (exact) mass is 770 g/mol. The fourth-order valence-corrected chi connectivity index (χ4v) is 7.63. The molecule has 0 spiro atoms. The molecule has 56 heavy (non-hydrogen) atoms. The van der Waals surface area contributed by atoms with E-state index in [2.05, 4.69) is 0 Å². The minimum absolute atomic E-state index is 0.133. The van der Waals surface area contributed by atoms with E-state index in [1.54, 1.807) is 12.2 Å². The SMILES string of the molecule is Cc1cc(C)c2c(c1)/C=C/C[C@@H]1OC(C)(C)OC1C(=O)/C=C\C[C@H](C)OC2=O.Cc1cc(C)c2c(c1)/C=C/C[C@@H]1OC(C)(C)OC1C(O)/C=C\C[C@H](C)OC2=O. The Bertz CT molecular complexity index is 1900. The van der Waals surface area contributed by atoms with Gasteiger partial charge < -0.3 is 33.5 Å². The number of hydrogen-bond donors (Lipinski definition) is 1. The van der Waals surface area contributed by atoms with Gasteiger partial charge in [-0.3, -0.25) is 4.79 Å². The molecule has 2 saturated heterocycles. The zero-order valence-electron chi connectivity index (χ0n) is 34.4. The zero-order valence-corrected chi connectivity index (χ0v) is 34.4. The molecule has 0 radical (unpaired) electrons. The summed E-state index contributed by atoms with van der Waals surface area (Å²) in [6, 6.07) is 7.92. The minimum atomic E-state index is -0.807. The van der Waals surface area contributed by atoms with Crippen LogP contribution in [-0.2, 0) is 33.2 Å². The molecule has 0 aromatic heterocycles. The van der Waals surface area contributed by atoms with E-state index >= 15 is 0 Å². The second-order valence-corrected chi connectivity index (χ2v) is 16.2. The predicted octanol–water partition coefficient (Wildman–Crippen LogP) is 8.39. The third kappa shape index (κ3) is 11.0. The number of cyclic esters (lactones) is 2. The number of benzene rings is 2. The van der Waals surface area contributed by atoms with Gasteiger partial charge in [0.15, 0.2) is 17.4 Å². The van der Waals surface area contributed by atoms with Crippen LogP contribution in [0.1, 0.15) is 121 Å². The number of esters is 2. The van der Waals surface area contributed by atoms with Crippen molar-refractivity contribution in [2.24, 2.45) is 0 Å². The van der Waals surface area contributed by atoms with Crippen LogP contribution in [0.25, 0.3) is 12.2 Å². The lowest BCUT2D eigenvalue weighted by atomic mass is 9.97. The fraction of sp³-hybridized carbons (Fsp3) is 0.500. The summed E-state index contributed by atoms with van der Waals surface area (Å²) in [6.07, 6.45) is 13.4. The Morgan fingerprint density at radius 2 is 1.05 bits per heavy atom. The molecule has 1 N–H and O–H groups in total. The predicted molar refractivity (Wildman–Crippen MR) is 215 cm³/mol. The Kier molecular flexibility index (Phi) is 13.8. The summed E-state index contributed by atoms with van der Waals surface area (Å²) >= 11 is 0. The maximum atomic E-state index is 12.8. The summed E-state index contributed by atoms with van der Waals surface area (Å²) in [5.74, 6) is -2.36. The van der Waals surface area contributed by atoms with Gasteiger partial charge in [0.05, 0.1) is 23.3 Å². The normalized spacial score (nSPS) is 31.3. The Balaban J connectivity index is 0.000000214. The number of aliphatic hydroxyl groups excluding tert-OH is 1. The van der Waals surface area contributed by atoms with Crippen LogP contribution in [0.2, 0.25) is 0 Å². The van der Waals surface area contributed by atoms with Crippen LogP contribution >= 0.6 is 0 Å². The molecule has 10 heteroatoms. The maximum absolute atomic E-state index is 12.8. The van der Waals surface area contributed by atoms with Crippen molar-refractivity contribution >= 4 is 29.9 Å².